The van der Waals surface area contributed by atoms with Gasteiger partial charge in [0.25, 0.3) is 5.91 Å². The Bertz CT molecular complexity index is 479. The number of hydroxylamine groups is 1. The molecule has 1 rings (SSSR count). The minimum Gasteiger partial charge on any atom is -0.391 e. The molecule has 0 spiro atoms. The van der Waals surface area contributed by atoms with Crippen molar-refractivity contribution >= 4 is 11.8 Å². The van der Waals surface area contributed by atoms with Gasteiger partial charge in [0.05, 0.1) is 6.10 Å². The van der Waals surface area contributed by atoms with E-state index in [4.69, 9.17) is 10.9 Å². The Morgan fingerprint density at radius 3 is 2.45 bits per heavy atom. The Morgan fingerprint density at radius 1 is 1.27 bits per heavy atom. The number of rotatable bonds is 8. The lowest BCUT2D eigenvalue weighted by Gasteiger charge is -2.20. The number of hydrogen-bond acceptors (Lipinski definition) is 5. The van der Waals surface area contributed by atoms with Crippen molar-refractivity contribution in [1.29, 1.82) is 0 Å². The molecule has 0 aliphatic rings. The second-order valence-electron chi connectivity index (χ2n) is 5.25. The lowest BCUT2D eigenvalue weighted by molar-refractivity contribution is -0.137. The molecule has 0 radical (unpaired) electrons. The van der Waals surface area contributed by atoms with Crippen LogP contribution in [0, 0.1) is 0 Å². The molecule has 0 aromatic heterocycles. The third-order valence-electron chi connectivity index (χ3n) is 3.29. The summed E-state index contributed by atoms with van der Waals surface area (Å²) < 4.78 is 0. The second kappa shape index (κ2) is 9.14. The number of aliphatic hydroxyl groups excluding tert-OH is 1. The van der Waals surface area contributed by atoms with Crippen LogP contribution >= 0.6 is 0 Å². The minimum atomic E-state index is -1.21. The number of amides is 2. The summed E-state index contributed by atoms with van der Waals surface area (Å²) in [6.45, 7) is 1.34. The average molecular weight is 309 g/mol. The van der Waals surface area contributed by atoms with Crippen LogP contribution in [0.25, 0.3) is 0 Å². The zero-order valence-corrected chi connectivity index (χ0v) is 12.5. The molecule has 122 valence electrons. The topological polar surface area (TPSA) is 125 Å². The molecular weight excluding hydrogens is 286 g/mol. The number of aryl methyl sites for hydroxylation is 1. The Hall–Kier alpha value is -1.96. The molecule has 1 aromatic rings. The van der Waals surface area contributed by atoms with Crippen LogP contribution in [0.5, 0.6) is 0 Å². The normalized spacial score (nSPS) is 14.7. The fourth-order valence-electron chi connectivity index (χ4n) is 2.04. The first-order chi connectivity index (χ1) is 10.4. The van der Waals surface area contributed by atoms with Gasteiger partial charge in [-0.25, -0.2) is 5.48 Å². The monoisotopic (exact) mass is 309 g/mol. The maximum Gasteiger partial charge on any atom is 0.268 e. The number of hydrogen-bond donors (Lipinski definition) is 5. The Balaban J connectivity index is 2.41. The molecule has 7 heteroatoms. The number of nitrogens with two attached hydrogens (primary N) is 1. The maximum atomic E-state index is 11.8. The van der Waals surface area contributed by atoms with E-state index in [1.165, 1.54) is 12.4 Å². The van der Waals surface area contributed by atoms with Gasteiger partial charge in [0, 0.05) is 12.5 Å². The molecule has 0 heterocycles. The van der Waals surface area contributed by atoms with E-state index in [1.54, 1.807) is 0 Å². The van der Waals surface area contributed by atoms with Crippen LogP contribution in [-0.4, -0.2) is 40.3 Å². The molecule has 0 saturated heterocycles. The third-order valence-corrected chi connectivity index (χ3v) is 3.29. The lowest BCUT2D eigenvalue weighted by atomic mass is 10.0. The number of carbonyl (C=O) groups excluding carboxylic acids is 2. The summed E-state index contributed by atoms with van der Waals surface area (Å²) in [4.78, 5) is 23.2. The second-order valence-corrected chi connectivity index (χ2v) is 5.25. The van der Waals surface area contributed by atoms with Crippen LogP contribution in [0.3, 0.4) is 0 Å². The highest BCUT2D eigenvalue weighted by Gasteiger charge is 2.25. The van der Waals surface area contributed by atoms with Gasteiger partial charge in [-0.1, -0.05) is 30.3 Å². The summed E-state index contributed by atoms with van der Waals surface area (Å²) in [5.41, 5.74) is 8.46. The highest BCUT2D eigenvalue weighted by atomic mass is 16.5. The van der Waals surface area contributed by atoms with Gasteiger partial charge in [-0.05, 0) is 25.3 Å². The molecule has 0 aliphatic carbocycles. The average Bonchev–Trinajstić information content (AvgIpc) is 2.50. The van der Waals surface area contributed by atoms with Gasteiger partial charge in [0.15, 0.2) is 0 Å². The van der Waals surface area contributed by atoms with Crippen LogP contribution in [0.15, 0.2) is 30.3 Å². The number of aliphatic hydroxyl groups is 1. The zero-order chi connectivity index (χ0) is 16.5. The quantitative estimate of drug-likeness (QED) is 0.333. The van der Waals surface area contributed by atoms with E-state index in [1.807, 2.05) is 30.3 Å². The Kier molecular flexibility index (Phi) is 7.51. The molecule has 22 heavy (non-hydrogen) atoms. The van der Waals surface area contributed by atoms with Gasteiger partial charge in [-0.2, -0.15) is 0 Å². The van der Waals surface area contributed by atoms with Crippen molar-refractivity contribution in [3.63, 3.8) is 0 Å². The summed E-state index contributed by atoms with van der Waals surface area (Å²) in [6, 6.07) is 8.22. The van der Waals surface area contributed by atoms with Crippen molar-refractivity contribution in [1.82, 2.24) is 10.8 Å². The van der Waals surface area contributed by atoms with Crippen molar-refractivity contribution in [3.8, 4) is 0 Å². The van der Waals surface area contributed by atoms with Crippen molar-refractivity contribution in [3.05, 3.63) is 35.9 Å². The first kappa shape index (κ1) is 18.1. The van der Waals surface area contributed by atoms with Crippen LogP contribution in [0.4, 0.5) is 0 Å². The minimum absolute atomic E-state index is 0.0365. The van der Waals surface area contributed by atoms with Crippen LogP contribution in [0.2, 0.25) is 0 Å². The Morgan fingerprint density at radius 2 is 1.91 bits per heavy atom. The SMILES string of the molecule is C[C@@H](O)[C@H](NC(=O)C[C@H](N)CCc1ccccc1)C(=O)NO. The van der Waals surface area contributed by atoms with Gasteiger partial charge in [-0.3, -0.25) is 14.8 Å². The summed E-state index contributed by atoms with van der Waals surface area (Å²) in [5.74, 6) is -1.32. The summed E-state index contributed by atoms with van der Waals surface area (Å²) >= 11 is 0. The molecule has 3 atom stereocenters. The molecule has 2 amide bonds. The van der Waals surface area contributed by atoms with Crippen LogP contribution in [0.1, 0.15) is 25.3 Å². The molecule has 0 saturated carbocycles. The molecule has 0 bridgehead atoms. The van der Waals surface area contributed by atoms with Crippen LogP contribution in [-0.2, 0) is 16.0 Å². The van der Waals surface area contributed by atoms with Crippen LogP contribution < -0.4 is 16.5 Å². The fourth-order valence-corrected chi connectivity index (χ4v) is 2.04. The molecule has 7 nitrogen and oxygen atoms in total. The first-order valence-electron chi connectivity index (χ1n) is 7.15. The number of benzene rings is 1. The molecule has 0 aliphatic heterocycles. The van der Waals surface area contributed by atoms with Crippen molar-refractivity contribution in [2.24, 2.45) is 5.73 Å². The first-order valence-corrected chi connectivity index (χ1v) is 7.15. The van der Waals surface area contributed by atoms with E-state index in [9.17, 15) is 14.7 Å². The van der Waals surface area contributed by atoms with Crippen molar-refractivity contribution in [2.45, 2.75) is 44.4 Å². The van der Waals surface area contributed by atoms with E-state index in [2.05, 4.69) is 5.32 Å². The van der Waals surface area contributed by atoms with Gasteiger partial charge < -0.3 is 16.2 Å². The van der Waals surface area contributed by atoms with Gasteiger partial charge in [0.1, 0.15) is 6.04 Å². The molecule has 0 fully saturated rings. The smallest absolute Gasteiger partial charge is 0.268 e. The van der Waals surface area contributed by atoms with Gasteiger partial charge >= 0.3 is 0 Å². The van der Waals surface area contributed by atoms with E-state index in [0.717, 1.165) is 12.0 Å². The highest BCUT2D eigenvalue weighted by molar-refractivity contribution is 5.87. The van der Waals surface area contributed by atoms with Gasteiger partial charge in [0.2, 0.25) is 5.91 Å². The zero-order valence-electron chi connectivity index (χ0n) is 12.5. The lowest BCUT2D eigenvalue weighted by Crippen LogP contribution is -2.52. The number of nitrogens with one attached hydrogen (secondary N) is 2. The predicted molar refractivity (Wildman–Crippen MR) is 80.9 cm³/mol. The maximum absolute atomic E-state index is 11.8. The van der Waals surface area contributed by atoms with E-state index < -0.39 is 24.0 Å². The highest BCUT2D eigenvalue weighted by Crippen LogP contribution is 2.06. The predicted octanol–water partition coefficient (Wildman–Crippen LogP) is -0.292. The van der Waals surface area contributed by atoms with Crippen molar-refractivity contribution in [2.75, 3.05) is 0 Å². The summed E-state index contributed by atoms with van der Waals surface area (Å²) in [5, 5.41) is 20.4. The Labute approximate surface area is 129 Å². The third kappa shape index (κ3) is 6.21. The molecule has 0 unspecified atom stereocenters. The largest absolute Gasteiger partial charge is 0.391 e. The van der Waals surface area contributed by atoms with E-state index in [-0.39, 0.29) is 12.5 Å². The van der Waals surface area contributed by atoms with E-state index >= 15 is 0 Å². The summed E-state index contributed by atoms with van der Waals surface area (Å²) in [6.07, 6.45) is 0.293. The van der Waals surface area contributed by atoms with Gasteiger partial charge in [-0.15, -0.1) is 0 Å². The fraction of sp³-hybridized carbons (Fsp3) is 0.467. The number of carbonyl (C=O) groups is 2. The molecule has 1 aromatic carbocycles. The summed E-state index contributed by atoms with van der Waals surface area (Å²) in [7, 11) is 0. The van der Waals surface area contributed by atoms with Crippen molar-refractivity contribution < 1.29 is 19.9 Å². The van der Waals surface area contributed by atoms with E-state index in [0.29, 0.717) is 6.42 Å². The molecule has 6 N–H and O–H groups in total. The molecular formula is C15H23N3O4. The standard InChI is InChI=1S/C15H23N3O4/c1-10(19)14(15(21)18-22)17-13(20)9-12(16)8-7-11-5-3-2-4-6-11/h2-6,10,12,14,19,22H,7-9,16H2,1H3,(H,17,20)(H,18,21)/t10-,12-,14+/m1/s1.